The van der Waals surface area contributed by atoms with Gasteiger partial charge >= 0.3 is 0 Å². The van der Waals surface area contributed by atoms with Crippen LogP contribution in [0.3, 0.4) is 0 Å². The van der Waals surface area contributed by atoms with Crippen LogP contribution in [0.25, 0.3) is 0 Å². The van der Waals surface area contributed by atoms with Gasteiger partial charge in [0.2, 0.25) is 0 Å². The first-order valence-electron chi connectivity index (χ1n) is 5.70. The summed E-state index contributed by atoms with van der Waals surface area (Å²) in [7, 11) is 0. The third-order valence-corrected chi connectivity index (χ3v) is 3.77. The molecule has 1 aliphatic rings. The van der Waals surface area contributed by atoms with Gasteiger partial charge in [0.05, 0.1) is 6.61 Å². The van der Waals surface area contributed by atoms with Crippen LogP contribution in [0.5, 0.6) is 0 Å². The smallest absolute Gasteiger partial charge is 0.0558 e. The van der Waals surface area contributed by atoms with E-state index in [1.165, 1.54) is 25.7 Å². The van der Waals surface area contributed by atoms with E-state index in [0.29, 0.717) is 5.41 Å². The molecular weight excluding hydrogens is 194 g/mol. The second-order valence-electron chi connectivity index (χ2n) is 4.51. The molecule has 0 bridgehead atoms. The lowest BCUT2D eigenvalue weighted by Gasteiger charge is -2.25. The van der Waals surface area contributed by atoms with Gasteiger partial charge in [-0.2, -0.15) is 12.6 Å². The molecular formula is C11H23NOS. The molecule has 0 radical (unpaired) electrons. The highest BCUT2D eigenvalue weighted by atomic mass is 32.1. The van der Waals surface area contributed by atoms with Crippen LogP contribution in [-0.2, 0) is 0 Å². The maximum Gasteiger partial charge on any atom is 0.0558 e. The monoisotopic (exact) mass is 217 g/mol. The molecule has 1 aliphatic carbocycles. The average molecular weight is 217 g/mol. The van der Waals surface area contributed by atoms with Gasteiger partial charge in [0.1, 0.15) is 0 Å². The number of hydrogen-bond donors (Lipinski definition) is 2. The summed E-state index contributed by atoms with van der Waals surface area (Å²) in [6.07, 6.45) is 5.12. The third-order valence-electron chi connectivity index (χ3n) is 3.10. The predicted octanol–water partition coefficient (Wildman–Crippen LogP) is 1.79. The summed E-state index contributed by atoms with van der Waals surface area (Å²) in [5.74, 6) is 1.00. The second-order valence-corrected chi connectivity index (χ2v) is 4.83. The Morgan fingerprint density at radius 3 is 2.50 bits per heavy atom. The Labute approximate surface area is 93.1 Å². The Morgan fingerprint density at radius 2 is 2.07 bits per heavy atom. The summed E-state index contributed by atoms with van der Waals surface area (Å²) >= 11 is 4.41. The summed E-state index contributed by atoms with van der Waals surface area (Å²) < 4.78 is 0. The van der Waals surface area contributed by atoms with Crippen LogP contribution in [0.4, 0.5) is 0 Å². The molecule has 1 fully saturated rings. The van der Waals surface area contributed by atoms with Crippen LogP contribution in [0.1, 0.15) is 32.6 Å². The molecule has 1 rings (SSSR count). The van der Waals surface area contributed by atoms with E-state index in [1.54, 1.807) is 0 Å². The first-order valence-corrected chi connectivity index (χ1v) is 6.33. The predicted molar refractivity (Wildman–Crippen MR) is 64.0 cm³/mol. The van der Waals surface area contributed by atoms with Crippen LogP contribution >= 0.6 is 12.6 Å². The van der Waals surface area contributed by atoms with E-state index in [9.17, 15) is 0 Å². The highest BCUT2D eigenvalue weighted by Crippen LogP contribution is 2.47. The Hall–Kier alpha value is 0.270. The van der Waals surface area contributed by atoms with Gasteiger partial charge in [0.15, 0.2) is 0 Å². The lowest BCUT2D eigenvalue weighted by atomic mass is 10.1. The van der Waals surface area contributed by atoms with E-state index in [4.69, 9.17) is 5.11 Å². The van der Waals surface area contributed by atoms with Crippen LogP contribution in [0.2, 0.25) is 0 Å². The summed E-state index contributed by atoms with van der Waals surface area (Å²) in [5.41, 5.74) is 0.492. The third kappa shape index (κ3) is 3.79. The maximum absolute atomic E-state index is 8.97. The first kappa shape index (κ1) is 12.3. The summed E-state index contributed by atoms with van der Waals surface area (Å²) in [6.45, 7) is 5.59. The molecule has 0 amide bonds. The molecule has 0 aromatic rings. The van der Waals surface area contributed by atoms with Gasteiger partial charge in [-0.15, -0.1) is 0 Å². The zero-order valence-electron chi connectivity index (χ0n) is 9.21. The number of aliphatic hydroxyl groups is 1. The molecule has 0 aromatic carbocycles. The molecule has 0 saturated heterocycles. The summed E-state index contributed by atoms with van der Waals surface area (Å²) in [6, 6.07) is 0. The van der Waals surface area contributed by atoms with Crippen LogP contribution in [0, 0.1) is 5.41 Å². The number of unbranched alkanes of at least 4 members (excludes halogenated alkanes) is 1. The summed E-state index contributed by atoms with van der Waals surface area (Å²) in [5, 5.41) is 8.97. The molecule has 0 atom stereocenters. The Kier molecular flexibility index (Phi) is 5.28. The van der Waals surface area contributed by atoms with Crippen LogP contribution in [0.15, 0.2) is 0 Å². The summed E-state index contributed by atoms with van der Waals surface area (Å²) in [4.78, 5) is 2.40. The Morgan fingerprint density at radius 1 is 1.36 bits per heavy atom. The fourth-order valence-corrected chi connectivity index (χ4v) is 2.23. The van der Waals surface area contributed by atoms with Gasteiger partial charge < -0.3 is 10.0 Å². The van der Waals surface area contributed by atoms with Crippen molar-refractivity contribution in [2.24, 2.45) is 5.41 Å². The van der Waals surface area contributed by atoms with Crippen LogP contribution < -0.4 is 0 Å². The van der Waals surface area contributed by atoms with Crippen LogP contribution in [-0.4, -0.2) is 42.0 Å². The number of rotatable bonds is 8. The van der Waals surface area contributed by atoms with Gasteiger partial charge in [0, 0.05) is 13.1 Å². The lowest BCUT2D eigenvalue weighted by Crippen LogP contribution is -2.34. The largest absolute Gasteiger partial charge is 0.395 e. The fraction of sp³-hybridized carbons (Fsp3) is 1.00. The average Bonchev–Trinajstić information content (AvgIpc) is 2.95. The van der Waals surface area contributed by atoms with E-state index in [2.05, 4.69) is 24.5 Å². The van der Waals surface area contributed by atoms with E-state index in [1.807, 2.05) is 0 Å². The van der Waals surface area contributed by atoms with Gasteiger partial charge in [-0.1, -0.05) is 13.3 Å². The Bertz CT molecular complexity index is 159. The molecule has 1 saturated carbocycles. The molecule has 2 nitrogen and oxygen atoms in total. The van der Waals surface area contributed by atoms with Crippen molar-refractivity contribution in [2.75, 3.05) is 32.0 Å². The van der Waals surface area contributed by atoms with Crippen molar-refractivity contribution >= 4 is 12.6 Å². The van der Waals surface area contributed by atoms with E-state index in [0.717, 1.165) is 25.4 Å². The Balaban J connectivity index is 2.27. The van der Waals surface area contributed by atoms with Crippen molar-refractivity contribution in [3.63, 3.8) is 0 Å². The number of aliphatic hydroxyl groups excluding tert-OH is 1. The van der Waals surface area contributed by atoms with E-state index >= 15 is 0 Å². The number of thiol groups is 1. The van der Waals surface area contributed by atoms with Crippen molar-refractivity contribution in [3.8, 4) is 0 Å². The minimum absolute atomic E-state index is 0.284. The first-order chi connectivity index (χ1) is 6.76. The molecule has 0 spiro atoms. The van der Waals surface area contributed by atoms with Crippen molar-refractivity contribution in [2.45, 2.75) is 32.6 Å². The van der Waals surface area contributed by atoms with E-state index in [-0.39, 0.29) is 6.61 Å². The van der Waals surface area contributed by atoms with Crippen molar-refractivity contribution in [1.82, 2.24) is 4.90 Å². The number of nitrogens with zero attached hydrogens (tertiary/aromatic N) is 1. The van der Waals surface area contributed by atoms with Gasteiger partial charge in [-0.05, 0) is 37.0 Å². The zero-order chi connectivity index (χ0) is 10.4. The minimum atomic E-state index is 0.284. The normalized spacial score (nSPS) is 18.9. The standard InChI is InChI=1S/C11H23NOS/c1-2-3-6-12(7-8-13)9-11(10-14)4-5-11/h13-14H,2-10H2,1H3. The van der Waals surface area contributed by atoms with Gasteiger partial charge in [-0.3, -0.25) is 0 Å². The van der Waals surface area contributed by atoms with Gasteiger partial charge in [0.25, 0.3) is 0 Å². The molecule has 1 N–H and O–H groups in total. The second kappa shape index (κ2) is 5.99. The molecule has 14 heavy (non-hydrogen) atoms. The topological polar surface area (TPSA) is 23.5 Å². The SMILES string of the molecule is CCCCN(CCO)CC1(CS)CC1. The number of hydrogen-bond acceptors (Lipinski definition) is 3. The zero-order valence-corrected chi connectivity index (χ0v) is 10.1. The van der Waals surface area contributed by atoms with Crippen molar-refractivity contribution in [3.05, 3.63) is 0 Å². The molecule has 3 heteroatoms. The molecule has 0 heterocycles. The van der Waals surface area contributed by atoms with E-state index < -0.39 is 0 Å². The highest BCUT2D eigenvalue weighted by molar-refractivity contribution is 7.80. The fourth-order valence-electron chi connectivity index (χ4n) is 1.81. The molecule has 0 aliphatic heterocycles. The van der Waals surface area contributed by atoms with Crippen molar-refractivity contribution in [1.29, 1.82) is 0 Å². The minimum Gasteiger partial charge on any atom is -0.395 e. The van der Waals surface area contributed by atoms with Crippen molar-refractivity contribution < 1.29 is 5.11 Å². The maximum atomic E-state index is 8.97. The highest BCUT2D eigenvalue weighted by Gasteiger charge is 2.42. The molecule has 0 aromatic heterocycles. The quantitative estimate of drug-likeness (QED) is 0.606. The van der Waals surface area contributed by atoms with Gasteiger partial charge in [-0.25, -0.2) is 0 Å². The lowest BCUT2D eigenvalue weighted by molar-refractivity contribution is 0.172. The molecule has 84 valence electrons. The molecule has 0 unspecified atom stereocenters.